The van der Waals surface area contributed by atoms with Gasteiger partial charge in [-0.15, -0.1) is 0 Å². The first-order chi connectivity index (χ1) is 9.15. The Labute approximate surface area is 112 Å². The molecule has 6 nitrogen and oxygen atoms in total. The van der Waals surface area contributed by atoms with Crippen molar-refractivity contribution in [2.75, 3.05) is 12.4 Å². The van der Waals surface area contributed by atoms with Gasteiger partial charge in [0.1, 0.15) is 11.9 Å². The van der Waals surface area contributed by atoms with Crippen molar-refractivity contribution in [1.82, 2.24) is 15.2 Å². The average Bonchev–Trinajstić information content (AvgIpc) is 2.68. The van der Waals surface area contributed by atoms with E-state index >= 15 is 0 Å². The van der Waals surface area contributed by atoms with Crippen LogP contribution in [0, 0.1) is 0 Å². The molecule has 1 aliphatic heterocycles. The van der Waals surface area contributed by atoms with E-state index in [-0.39, 0.29) is 24.5 Å². The summed E-state index contributed by atoms with van der Waals surface area (Å²) in [6.07, 6.45) is 3.21. The molecule has 1 atom stereocenters. The second-order valence-corrected chi connectivity index (χ2v) is 4.52. The number of urea groups is 1. The third-order valence-electron chi connectivity index (χ3n) is 3.11. The predicted octanol–water partition coefficient (Wildman–Crippen LogP) is 1.34. The maximum absolute atomic E-state index is 12.0. The van der Waals surface area contributed by atoms with Crippen molar-refractivity contribution in [3.05, 3.63) is 23.9 Å². The molecule has 1 fully saturated rings. The summed E-state index contributed by atoms with van der Waals surface area (Å²) in [5.41, 5.74) is 0.833. The molecule has 1 saturated heterocycles. The highest BCUT2D eigenvalue weighted by Crippen LogP contribution is 2.15. The molecule has 19 heavy (non-hydrogen) atoms. The van der Waals surface area contributed by atoms with Gasteiger partial charge in [-0.25, -0.2) is 9.78 Å². The Hall–Kier alpha value is -2.11. The van der Waals surface area contributed by atoms with Crippen molar-refractivity contribution in [2.45, 2.75) is 32.4 Å². The fraction of sp³-hybridized carbons (Fsp3) is 0.462. The van der Waals surface area contributed by atoms with Gasteiger partial charge in [-0.2, -0.15) is 0 Å². The van der Waals surface area contributed by atoms with E-state index in [9.17, 15) is 9.59 Å². The quantitative estimate of drug-likeness (QED) is 0.785. The smallest absolute Gasteiger partial charge is 0.325 e. The highest BCUT2D eigenvalue weighted by atomic mass is 16.2. The highest BCUT2D eigenvalue weighted by Gasteiger charge is 2.37. The molecule has 1 aromatic rings. The fourth-order valence-corrected chi connectivity index (χ4v) is 2.06. The molecule has 2 heterocycles. The van der Waals surface area contributed by atoms with Gasteiger partial charge in [0.25, 0.3) is 5.91 Å². The number of carbonyl (C=O) groups excluding carboxylic acids is 2. The van der Waals surface area contributed by atoms with Crippen LogP contribution in [0.1, 0.15) is 25.3 Å². The average molecular weight is 262 g/mol. The van der Waals surface area contributed by atoms with Crippen LogP contribution in [0.25, 0.3) is 0 Å². The molecular weight excluding hydrogens is 244 g/mol. The van der Waals surface area contributed by atoms with Gasteiger partial charge < -0.3 is 10.6 Å². The third kappa shape index (κ3) is 2.83. The van der Waals surface area contributed by atoms with E-state index in [1.807, 2.05) is 19.1 Å². The van der Waals surface area contributed by atoms with Gasteiger partial charge in [-0.3, -0.25) is 9.69 Å². The minimum atomic E-state index is -0.373. The van der Waals surface area contributed by atoms with Crippen LogP contribution in [0.15, 0.2) is 18.3 Å². The lowest BCUT2D eigenvalue weighted by Crippen LogP contribution is -2.31. The Morgan fingerprint density at radius 1 is 1.42 bits per heavy atom. The number of aromatic nitrogens is 1. The molecule has 0 bridgehead atoms. The summed E-state index contributed by atoms with van der Waals surface area (Å²) in [5.74, 6) is 0.606. The Kier molecular flexibility index (Phi) is 3.99. The van der Waals surface area contributed by atoms with Gasteiger partial charge in [0.05, 0.1) is 6.54 Å². The van der Waals surface area contributed by atoms with E-state index in [1.165, 1.54) is 4.90 Å². The summed E-state index contributed by atoms with van der Waals surface area (Å²) >= 11 is 0. The first kappa shape index (κ1) is 13.3. The van der Waals surface area contributed by atoms with Crippen LogP contribution in [0.2, 0.25) is 0 Å². The number of nitrogens with one attached hydrogen (secondary N) is 2. The van der Waals surface area contributed by atoms with Crippen molar-refractivity contribution in [3.63, 3.8) is 0 Å². The molecule has 0 radical (unpaired) electrons. The van der Waals surface area contributed by atoms with Gasteiger partial charge >= 0.3 is 6.03 Å². The fourth-order valence-electron chi connectivity index (χ4n) is 2.06. The summed E-state index contributed by atoms with van der Waals surface area (Å²) in [6, 6.07) is 2.98. The van der Waals surface area contributed by atoms with Crippen molar-refractivity contribution >= 4 is 17.8 Å². The second kappa shape index (κ2) is 5.69. The SMILES string of the molecule is CCCC1NC(=O)N(Cc2ccc(NC)nc2)C1=O. The molecule has 0 spiro atoms. The van der Waals surface area contributed by atoms with E-state index in [4.69, 9.17) is 0 Å². The van der Waals surface area contributed by atoms with Crippen molar-refractivity contribution in [3.8, 4) is 0 Å². The standard InChI is InChI=1S/C13H18N4O2/c1-3-4-10-12(18)17(13(19)16-10)8-9-5-6-11(14-2)15-7-9/h5-7,10H,3-4,8H2,1-2H3,(H,14,15)(H,16,19). The molecular formula is C13H18N4O2. The number of anilines is 1. The van der Waals surface area contributed by atoms with Crippen LogP contribution >= 0.6 is 0 Å². The molecule has 1 aliphatic rings. The Morgan fingerprint density at radius 2 is 2.21 bits per heavy atom. The molecule has 102 valence electrons. The Bertz CT molecular complexity index is 472. The van der Waals surface area contributed by atoms with Crippen molar-refractivity contribution in [2.24, 2.45) is 0 Å². The zero-order valence-corrected chi connectivity index (χ0v) is 11.1. The number of rotatable bonds is 5. The second-order valence-electron chi connectivity index (χ2n) is 4.52. The molecule has 6 heteroatoms. The number of nitrogens with zero attached hydrogens (tertiary/aromatic N) is 2. The number of amides is 3. The molecule has 3 amide bonds. The van der Waals surface area contributed by atoms with Crippen molar-refractivity contribution < 1.29 is 9.59 Å². The lowest BCUT2D eigenvalue weighted by atomic mass is 10.1. The summed E-state index contributed by atoms with van der Waals surface area (Å²) in [5, 5.41) is 5.62. The molecule has 2 N–H and O–H groups in total. The first-order valence-corrected chi connectivity index (χ1v) is 6.40. The minimum Gasteiger partial charge on any atom is -0.373 e. The molecule has 0 saturated carbocycles. The summed E-state index contributed by atoms with van der Waals surface area (Å²) < 4.78 is 0. The third-order valence-corrected chi connectivity index (χ3v) is 3.11. The minimum absolute atomic E-state index is 0.149. The monoisotopic (exact) mass is 262 g/mol. The Balaban J connectivity index is 2.05. The maximum Gasteiger partial charge on any atom is 0.325 e. The van der Waals surface area contributed by atoms with Crippen molar-refractivity contribution in [1.29, 1.82) is 0 Å². The van der Waals surface area contributed by atoms with E-state index in [0.717, 1.165) is 17.8 Å². The highest BCUT2D eigenvalue weighted by molar-refractivity contribution is 6.04. The zero-order chi connectivity index (χ0) is 13.8. The molecule has 0 aliphatic carbocycles. The predicted molar refractivity (Wildman–Crippen MR) is 71.6 cm³/mol. The van der Waals surface area contributed by atoms with Gasteiger partial charge in [0.2, 0.25) is 0 Å². The van der Waals surface area contributed by atoms with Crippen LogP contribution in [0.3, 0.4) is 0 Å². The largest absolute Gasteiger partial charge is 0.373 e. The van der Waals surface area contributed by atoms with Crippen LogP contribution in [0.5, 0.6) is 0 Å². The zero-order valence-electron chi connectivity index (χ0n) is 11.1. The Morgan fingerprint density at radius 3 is 2.79 bits per heavy atom. The van der Waals surface area contributed by atoms with Gasteiger partial charge in [-0.05, 0) is 18.1 Å². The number of hydrogen-bond acceptors (Lipinski definition) is 4. The van der Waals surface area contributed by atoms with Gasteiger partial charge in [-0.1, -0.05) is 19.4 Å². The van der Waals surface area contributed by atoms with E-state index in [1.54, 1.807) is 13.2 Å². The van der Waals surface area contributed by atoms with E-state index in [0.29, 0.717) is 6.42 Å². The molecule has 0 aromatic carbocycles. The van der Waals surface area contributed by atoms with Gasteiger partial charge in [0.15, 0.2) is 0 Å². The van der Waals surface area contributed by atoms with Crippen LogP contribution in [0.4, 0.5) is 10.6 Å². The van der Waals surface area contributed by atoms with Crippen LogP contribution < -0.4 is 10.6 Å². The lowest BCUT2D eigenvalue weighted by molar-refractivity contribution is -0.128. The van der Waals surface area contributed by atoms with Gasteiger partial charge in [0, 0.05) is 13.2 Å². The summed E-state index contributed by atoms with van der Waals surface area (Å²) in [7, 11) is 1.79. The maximum atomic E-state index is 12.0. The summed E-state index contributed by atoms with van der Waals surface area (Å²) in [6.45, 7) is 2.25. The first-order valence-electron chi connectivity index (χ1n) is 6.40. The van der Waals surface area contributed by atoms with E-state index in [2.05, 4.69) is 15.6 Å². The number of carbonyl (C=O) groups is 2. The van der Waals surface area contributed by atoms with Crippen LogP contribution in [-0.4, -0.2) is 34.9 Å². The topological polar surface area (TPSA) is 74.3 Å². The van der Waals surface area contributed by atoms with E-state index < -0.39 is 0 Å². The number of hydrogen-bond donors (Lipinski definition) is 2. The molecule has 2 rings (SSSR count). The molecule has 1 unspecified atom stereocenters. The number of pyridine rings is 1. The number of imide groups is 1. The summed E-state index contributed by atoms with van der Waals surface area (Å²) in [4.78, 5) is 29.2. The molecule has 1 aromatic heterocycles. The lowest BCUT2D eigenvalue weighted by Gasteiger charge is -2.13. The normalized spacial score (nSPS) is 18.6. The van der Waals surface area contributed by atoms with Crippen LogP contribution in [-0.2, 0) is 11.3 Å².